The highest BCUT2D eigenvalue weighted by Gasteiger charge is 2.10. The van der Waals surface area contributed by atoms with Crippen LogP contribution in [0.5, 0.6) is 5.75 Å². The number of nitrogens with zero attached hydrogens (tertiary/aromatic N) is 2. The molecule has 29 heavy (non-hydrogen) atoms. The molecule has 1 aromatic heterocycles. The van der Waals surface area contributed by atoms with Crippen LogP contribution in [0, 0.1) is 11.3 Å². The SMILES string of the molecule is COc1ccccc1C=C(C#N)c1nc(-c2ccc(-c3ccccc3)cc2)cs1. The fraction of sp³-hybridized carbons (Fsp3) is 0.0400. The van der Waals surface area contributed by atoms with E-state index in [-0.39, 0.29) is 0 Å². The lowest BCUT2D eigenvalue weighted by Gasteiger charge is -2.04. The minimum Gasteiger partial charge on any atom is -0.496 e. The van der Waals surface area contributed by atoms with Gasteiger partial charge in [-0.25, -0.2) is 4.98 Å². The highest BCUT2D eigenvalue weighted by atomic mass is 32.1. The van der Waals surface area contributed by atoms with Crippen molar-refractivity contribution < 1.29 is 4.74 Å². The molecule has 0 saturated heterocycles. The highest BCUT2D eigenvalue weighted by molar-refractivity contribution is 7.11. The third-order valence-electron chi connectivity index (χ3n) is 4.58. The molecule has 0 unspecified atom stereocenters. The van der Waals surface area contributed by atoms with Gasteiger partial charge in [0.15, 0.2) is 0 Å². The van der Waals surface area contributed by atoms with E-state index in [0.717, 1.165) is 22.6 Å². The molecule has 4 heteroatoms. The molecule has 0 spiro atoms. The number of hydrogen-bond donors (Lipinski definition) is 0. The molecule has 0 N–H and O–H groups in total. The number of thiazole rings is 1. The van der Waals surface area contributed by atoms with Crippen molar-refractivity contribution in [3.05, 3.63) is 94.8 Å². The first-order valence-corrected chi connectivity index (χ1v) is 10.0. The molecule has 0 aliphatic rings. The first-order valence-electron chi connectivity index (χ1n) is 9.15. The maximum atomic E-state index is 9.65. The summed E-state index contributed by atoms with van der Waals surface area (Å²) in [5, 5.41) is 12.3. The fourth-order valence-electron chi connectivity index (χ4n) is 3.08. The van der Waals surface area contributed by atoms with Crippen molar-refractivity contribution >= 4 is 23.0 Å². The van der Waals surface area contributed by atoms with Crippen molar-refractivity contribution in [2.45, 2.75) is 0 Å². The van der Waals surface area contributed by atoms with Gasteiger partial charge in [-0.3, -0.25) is 0 Å². The summed E-state index contributed by atoms with van der Waals surface area (Å²) in [6, 6.07) is 28.5. The van der Waals surface area contributed by atoms with Crippen LogP contribution in [0.15, 0.2) is 84.2 Å². The van der Waals surface area contributed by atoms with Crippen molar-refractivity contribution in [2.75, 3.05) is 7.11 Å². The number of rotatable bonds is 5. The largest absolute Gasteiger partial charge is 0.496 e. The third kappa shape index (κ3) is 4.11. The molecule has 0 aliphatic carbocycles. The number of ether oxygens (including phenoxy) is 1. The Kier molecular flexibility index (Phi) is 5.51. The van der Waals surface area contributed by atoms with Gasteiger partial charge in [0.05, 0.1) is 18.4 Å². The van der Waals surface area contributed by atoms with Gasteiger partial charge in [0, 0.05) is 16.5 Å². The van der Waals surface area contributed by atoms with Crippen molar-refractivity contribution in [3.8, 4) is 34.2 Å². The summed E-state index contributed by atoms with van der Waals surface area (Å²) >= 11 is 1.47. The van der Waals surface area contributed by atoms with Crippen LogP contribution in [-0.2, 0) is 0 Å². The van der Waals surface area contributed by atoms with Crippen LogP contribution < -0.4 is 4.74 Å². The van der Waals surface area contributed by atoms with Crippen LogP contribution in [-0.4, -0.2) is 12.1 Å². The van der Waals surface area contributed by atoms with Crippen molar-refractivity contribution in [1.29, 1.82) is 5.26 Å². The van der Waals surface area contributed by atoms with Gasteiger partial charge in [-0.2, -0.15) is 5.26 Å². The Morgan fingerprint density at radius 2 is 1.55 bits per heavy atom. The molecule has 4 aromatic rings. The molecule has 0 aliphatic heterocycles. The molecule has 0 amide bonds. The van der Waals surface area contributed by atoms with E-state index < -0.39 is 0 Å². The number of aromatic nitrogens is 1. The van der Waals surface area contributed by atoms with Crippen LogP contribution in [0.2, 0.25) is 0 Å². The fourth-order valence-corrected chi connectivity index (χ4v) is 3.87. The van der Waals surface area contributed by atoms with E-state index in [1.807, 2.05) is 53.9 Å². The minimum atomic E-state index is 0.520. The zero-order valence-corrected chi connectivity index (χ0v) is 16.7. The predicted molar refractivity (Wildman–Crippen MR) is 119 cm³/mol. The van der Waals surface area contributed by atoms with Gasteiger partial charge in [0.25, 0.3) is 0 Å². The second kappa shape index (κ2) is 8.55. The number of nitriles is 1. The summed E-state index contributed by atoms with van der Waals surface area (Å²) in [7, 11) is 1.62. The summed E-state index contributed by atoms with van der Waals surface area (Å²) in [6.07, 6.45) is 1.82. The van der Waals surface area contributed by atoms with Crippen LogP contribution >= 0.6 is 11.3 Å². The van der Waals surface area contributed by atoms with Gasteiger partial charge in [0.1, 0.15) is 16.8 Å². The summed E-state index contributed by atoms with van der Waals surface area (Å²) in [6.45, 7) is 0. The van der Waals surface area contributed by atoms with E-state index >= 15 is 0 Å². The summed E-state index contributed by atoms with van der Waals surface area (Å²) in [5.74, 6) is 0.730. The van der Waals surface area contributed by atoms with Crippen LogP contribution in [0.3, 0.4) is 0 Å². The Labute approximate surface area is 174 Å². The van der Waals surface area contributed by atoms with E-state index in [9.17, 15) is 5.26 Å². The Balaban J connectivity index is 1.62. The van der Waals surface area contributed by atoms with E-state index in [2.05, 4.69) is 42.5 Å². The normalized spacial score (nSPS) is 11.1. The summed E-state index contributed by atoms with van der Waals surface area (Å²) in [5.41, 5.74) is 5.62. The maximum Gasteiger partial charge on any atom is 0.134 e. The van der Waals surface area contributed by atoms with E-state index in [0.29, 0.717) is 10.6 Å². The molecular formula is C25H18N2OS. The molecule has 140 valence electrons. The number of methoxy groups -OCH3 is 1. The lowest BCUT2D eigenvalue weighted by atomic mass is 10.0. The number of benzene rings is 3. The van der Waals surface area contributed by atoms with Crippen molar-refractivity contribution in [3.63, 3.8) is 0 Å². The van der Waals surface area contributed by atoms with Gasteiger partial charge in [-0.1, -0.05) is 72.8 Å². The van der Waals surface area contributed by atoms with Gasteiger partial charge >= 0.3 is 0 Å². The Morgan fingerprint density at radius 3 is 2.28 bits per heavy atom. The zero-order chi connectivity index (χ0) is 20.1. The number of hydrogen-bond acceptors (Lipinski definition) is 4. The average molecular weight is 394 g/mol. The first kappa shape index (κ1) is 18.7. The minimum absolute atomic E-state index is 0.520. The van der Waals surface area contributed by atoms with E-state index in [1.54, 1.807) is 7.11 Å². The van der Waals surface area contributed by atoms with E-state index in [4.69, 9.17) is 9.72 Å². The quantitative estimate of drug-likeness (QED) is 0.361. The van der Waals surface area contributed by atoms with Gasteiger partial charge in [-0.15, -0.1) is 11.3 Å². The molecular weight excluding hydrogens is 376 g/mol. The van der Waals surface area contributed by atoms with Crippen LogP contribution in [0.1, 0.15) is 10.6 Å². The summed E-state index contributed by atoms with van der Waals surface area (Å²) < 4.78 is 5.38. The monoisotopic (exact) mass is 394 g/mol. The Morgan fingerprint density at radius 1 is 0.897 bits per heavy atom. The maximum absolute atomic E-state index is 9.65. The van der Waals surface area contributed by atoms with Crippen LogP contribution in [0.25, 0.3) is 34.0 Å². The topological polar surface area (TPSA) is 45.9 Å². The summed E-state index contributed by atoms with van der Waals surface area (Å²) in [4.78, 5) is 4.69. The van der Waals surface area contributed by atoms with Crippen molar-refractivity contribution in [1.82, 2.24) is 4.98 Å². The molecule has 0 radical (unpaired) electrons. The molecule has 3 nitrogen and oxygen atoms in total. The van der Waals surface area contributed by atoms with Gasteiger partial charge in [-0.05, 0) is 23.3 Å². The average Bonchev–Trinajstić information content (AvgIpc) is 3.28. The van der Waals surface area contributed by atoms with E-state index in [1.165, 1.54) is 22.5 Å². The standard InChI is InChI=1S/C25H18N2OS/c1-28-24-10-6-5-9-21(24)15-22(16-26)25-27-23(17-29-25)20-13-11-19(12-14-20)18-7-3-2-4-8-18/h2-15,17H,1H3. The van der Waals surface area contributed by atoms with Crippen LogP contribution in [0.4, 0.5) is 0 Å². The predicted octanol–water partition coefficient (Wildman–Crippen LogP) is 6.55. The second-order valence-electron chi connectivity index (χ2n) is 6.39. The lowest BCUT2D eigenvalue weighted by Crippen LogP contribution is -1.88. The molecule has 0 bridgehead atoms. The van der Waals surface area contributed by atoms with Gasteiger partial charge < -0.3 is 4.74 Å². The third-order valence-corrected chi connectivity index (χ3v) is 5.46. The molecule has 1 heterocycles. The Bertz CT molecular complexity index is 1190. The molecule has 0 fully saturated rings. The smallest absolute Gasteiger partial charge is 0.134 e. The van der Waals surface area contributed by atoms with Crippen molar-refractivity contribution in [2.24, 2.45) is 0 Å². The first-order chi connectivity index (χ1) is 14.3. The molecule has 0 saturated carbocycles. The number of allylic oxidation sites excluding steroid dienone is 1. The Hall–Kier alpha value is -3.68. The van der Waals surface area contributed by atoms with Gasteiger partial charge in [0.2, 0.25) is 0 Å². The number of para-hydroxylation sites is 1. The second-order valence-corrected chi connectivity index (χ2v) is 7.25. The zero-order valence-electron chi connectivity index (χ0n) is 15.9. The molecule has 0 atom stereocenters. The lowest BCUT2D eigenvalue weighted by molar-refractivity contribution is 0.414. The molecule has 4 rings (SSSR count). The highest BCUT2D eigenvalue weighted by Crippen LogP contribution is 2.30. The molecule has 3 aromatic carbocycles.